The minimum atomic E-state index is -3.24. The van der Waals surface area contributed by atoms with Crippen LogP contribution < -0.4 is 0 Å². The summed E-state index contributed by atoms with van der Waals surface area (Å²) in [6.07, 6.45) is 0.0464. The third-order valence-electron chi connectivity index (χ3n) is 3.70. The molecule has 0 radical (unpaired) electrons. The average Bonchev–Trinajstić information content (AvgIpc) is 2.32. The summed E-state index contributed by atoms with van der Waals surface area (Å²) in [4.78, 5) is 1.23. The maximum atomic E-state index is 12.3. The fourth-order valence-electron chi connectivity index (χ4n) is 2.32. The molecule has 19 heavy (non-hydrogen) atoms. The summed E-state index contributed by atoms with van der Waals surface area (Å²) in [5.74, 6) is 0.808. The zero-order valence-corrected chi connectivity index (χ0v) is 12.8. The Balaban J connectivity index is 2.21. The normalized spacial score (nSPS) is 27.2. The molecule has 2 aliphatic rings. The van der Waals surface area contributed by atoms with Gasteiger partial charge in [0.05, 0.1) is 15.4 Å². The van der Waals surface area contributed by atoms with Gasteiger partial charge in [-0.25, -0.2) is 8.42 Å². The van der Waals surface area contributed by atoms with Crippen LogP contribution in [0.25, 0.3) is 5.76 Å². The molecule has 1 aromatic rings. The van der Waals surface area contributed by atoms with Crippen molar-refractivity contribution in [3.63, 3.8) is 0 Å². The summed E-state index contributed by atoms with van der Waals surface area (Å²) in [6, 6.07) is 7.09. The van der Waals surface area contributed by atoms with E-state index >= 15 is 0 Å². The number of thioether (sulfide) groups is 1. The topological polar surface area (TPSA) is 43.4 Å². The van der Waals surface area contributed by atoms with Crippen molar-refractivity contribution in [2.24, 2.45) is 0 Å². The van der Waals surface area contributed by atoms with Gasteiger partial charge in [0.2, 0.25) is 0 Å². The fourth-order valence-corrected chi connectivity index (χ4v) is 5.53. The molecule has 102 valence electrons. The summed E-state index contributed by atoms with van der Waals surface area (Å²) >= 11 is 1.62. The van der Waals surface area contributed by atoms with Crippen molar-refractivity contribution in [1.82, 2.24) is 0 Å². The SMILES string of the molecule is CC1OC2=C(CS(=O)(=O)c3ccccc32)SC1(C)C. The fraction of sp³-hybridized carbons (Fsp3) is 0.429. The van der Waals surface area contributed by atoms with Gasteiger partial charge in [0.1, 0.15) is 11.9 Å². The van der Waals surface area contributed by atoms with Crippen LogP contribution in [0, 0.1) is 0 Å². The second-order valence-corrected chi connectivity index (χ2v) is 9.18. The molecule has 0 amide bonds. The van der Waals surface area contributed by atoms with Gasteiger partial charge in [-0.3, -0.25) is 0 Å². The van der Waals surface area contributed by atoms with Gasteiger partial charge in [-0.05, 0) is 32.9 Å². The zero-order chi connectivity index (χ0) is 13.8. The van der Waals surface area contributed by atoms with Crippen LogP contribution in [0.2, 0.25) is 0 Å². The molecule has 0 fully saturated rings. The number of rotatable bonds is 0. The number of benzene rings is 1. The van der Waals surface area contributed by atoms with Crippen molar-refractivity contribution < 1.29 is 13.2 Å². The first kappa shape index (κ1) is 13.1. The van der Waals surface area contributed by atoms with Crippen molar-refractivity contribution in [1.29, 1.82) is 0 Å². The van der Waals surface area contributed by atoms with Gasteiger partial charge in [-0.15, -0.1) is 11.8 Å². The minimum Gasteiger partial charge on any atom is -0.488 e. The van der Waals surface area contributed by atoms with Gasteiger partial charge < -0.3 is 4.74 Å². The molecule has 0 N–H and O–H groups in total. The molecule has 1 atom stereocenters. The molecule has 0 saturated carbocycles. The van der Waals surface area contributed by atoms with Crippen molar-refractivity contribution >= 4 is 27.4 Å². The third-order valence-corrected chi connectivity index (χ3v) is 7.01. The molecule has 0 saturated heterocycles. The van der Waals surface area contributed by atoms with E-state index in [1.54, 1.807) is 23.9 Å². The Labute approximate surface area is 118 Å². The van der Waals surface area contributed by atoms with Crippen LogP contribution in [0.1, 0.15) is 26.3 Å². The van der Waals surface area contributed by atoms with Crippen molar-refractivity contribution in [3.05, 3.63) is 34.7 Å². The van der Waals surface area contributed by atoms with E-state index in [4.69, 9.17) is 4.74 Å². The molecular formula is C14H16O3S2. The summed E-state index contributed by atoms with van der Waals surface area (Å²) < 4.78 is 30.5. The quantitative estimate of drug-likeness (QED) is 0.738. The second-order valence-electron chi connectivity index (χ2n) is 5.47. The Bertz CT molecular complexity index is 672. The molecule has 2 aliphatic heterocycles. The highest BCUT2D eigenvalue weighted by atomic mass is 32.2. The molecule has 1 unspecified atom stereocenters. The monoisotopic (exact) mass is 296 g/mol. The largest absolute Gasteiger partial charge is 0.488 e. The van der Waals surface area contributed by atoms with E-state index in [0.29, 0.717) is 10.5 Å². The predicted molar refractivity (Wildman–Crippen MR) is 77.6 cm³/mol. The van der Waals surface area contributed by atoms with E-state index in [2.05, 4.69) is 13.8 Å². The van der Waals surface area contributed by atoms with Crippen molar-refractivity contribution in [2.45, 2.75) is 36.5 Å². The Morgan fingerprint density at radius 3 is 2.74 bits per heavy atom. The number of ether oxygens (including phenoxy) is 1. The standard InChI is InChI=1S/C14H16O3S2/c1-9-14(2,3)18-11-8-19(15,16)12-7-5-4-6-10(12)13(11)17-9/h4-7,9H,8H2,1-3H3. The van der Waals surface area contributed by atoms with E-state index in [9.17, 15) is 8.42 Å². The molecule has 3 nitrogen and oxygen atoms in total. The van der Waals surface area contributed by atoms with Crippen LogP contribution in [0.4, 0.5) is 0 Å². The van der Waals surface area contributed by atoms with E-state index in [0.717, 1.165) is 10.7 Å². The third kappa shape index (κ3) is 1.99. The number of sulfone groups is 1. The predicted octanol–water partition coefficient (Wildman–Crippen LogP) is 3.07. The highest BCUT2D eigenvalue weighted by Gasteiger charge is 2.41. The first-order chi connectivity index (χ1) is 8.81. The lowest BCUT2D eigenvalue weighted by Gasteiger charge is -2.40. The summed E-state index contributed by atoms with van der Waals surface area (Å²) in [5.41, 5.74) is 0.707. The van der Waals surface area contributed by atoms with Crippen molar-refractivity contribution in [2.75, 3.05) is 5.75 Å². The van der Waals surface area contributed by atoms with E-state index in [1.165, 1.54) is 0 Å². The lowest BCUT2D eigenvalue weighted by molar-refractivity contribution is 0.149. The van der Waals surface area contributed by atoms with Gasteiger partial charge in [-0.2, -0.15) is 0 Å². The lowest BCUT2D eigenvalue weighted by Crippen LogP contribution is -2.38. The molecular weight excluding hydrogens is 280 g/mol. The maximum Gasteiger partial charge on any atom is 0.183 e. The number of hydrogen-bond donors (Lipinski definition) is 0. The Morgan fingerprint density at radius 1 is 1.32 bits per heavy atom. The van der Waals surface area contributed by atoms with Crippen LogP contribution in [0.3, 0.4) is 0 Å². The second kappa shape index (κ2) is 4.03. The molecule has 5 heteroatoms. The van der Waals surface area contributed by atoms with Crippen LogP contribution in [0.5, 0.6) is 0 Å². The highest BCUT2D eigenvalue weighted by Crippen LogP contribution is 2.49. The van der Waals surface area contributed by atoms with Gasteiger partial charge in [0.15, 0.2) is 9.84 Å². The van der Waals surface area contributed by atoms with E-state index < -0.39 is 9.84 Å². The Kier molecular flexibility index (Phi) is 2.77. The van der Waals surface area contributed by atoms with Gasteiger partial charge in [0.25, 0.3) is 0 Å². The molecule has 2 heterocycles. The van der Waals surface area contributed by atoms with Crippen LogP contribution in [0.15, 0.2) is 34.1 Å². The Morgan fingerprint density at radius 2 is 2.00 bits per heavy atom. The van der Waals surface area contributed by atoms with Gasteiger partial charge in [0, 0.05) is 10.5 Å². The van der Waals surface area contributed by atoms with Crippen LogP contribution >= 0.6 is 11.8 Å². The summed E-state index contributed by atoms with van der Waals surface area (Å²) in [5, 5.41) is 0. The Hall–Kier alpha value is -0.940. The molecule has 0 spiro atoms. The highest BCUT2D eigenvalue weighted by molar-refractivity contribution is 8.06. The van der Waals surface area contributed by atoms with Crippen molar-refractivity contribution in [3.8, 4) is 0 Å². The zero-order valence-electron chi connectivity index (χ0n) is 11.1. The van der Waals surface area contributed by atoms with Crippen LogP contribution in [-0.4, -0.2) is 25.0 Å². The first-order valence-corrected chi connectivity index (χ1v) is 8.69. The molecule has 0 aromatic heterocycles. The average molecular weight is 296 g/mol. The first-order valence-electron chi connectivity index (χ1n) is 6.22. The summed E-state index contributed by atoms with van der Waals surface area (Å²) in [7, 11) is -3.24. The lowest BCUT2D eigenvalue weighted by atomic mass is 10.1. The minimum absolute atomic E-state index is 0.0464. The summed E-state index contributed by atoms with van der Waals surface area (Å²) in [6.45, 7) is 6.20. The van der Waals surface area contributed by atoms with Gasteiger partial charge >= 0.3 is 0 Å². The van der Waals surface area contributed by atoms with E-state index in [-0.39, 0.29) is 16.6 Å². The molecule has 0 aliphatic carbocycles. The molecule has 1 aromatic carbocycles. The number of hydrogen-bond acceptors (Lipinski definition) is 4. The molecule has 3 rings (SSSR count). The molecule has 0 bridgehead atoms. The smallest absolute Gasteiger partial charge is 0.183 e. The maximum absolute atomic E-state index is 12.3. The van der Waals surface area contributed by atoms with Gasteiger partial charge in [-0.1, -0.05) is 12.1 Å². The number of fused-ring (bicyclic) bond motifs is 2. The van der Waals surface area contributed by atoms with E-state index in [1.807, 2.05) is 19.1 Å². The van der Waals surface area contributed by atoms with Crippen LogP contribution in [-0.2, 0) is 14.6 Å².